The number of hydrogen-bond acceptors (Lipinski definition) is 4. The third kappa shape index (κ3) is 7.68. The van der Waals surface area contributed by atoms with E-state index in [0.717, 1.165) is 5.75 Å². The first-order valence-corrected chi connectivity index (χ1v) is 6.63. The third-order valence-electron chi connectivity index (χ3n) is 1.71. The van der Waals surface area contributed by atoms with Crippen LogP contribution in [0.25, 0.3) is 0 Å². The quantitative estimate of drug-likeness (QED) is 0.738. The lowest BCUT2D eigenvalue weighted by Crippen LogP contribution is -2.44. The average Bonchev–Trinajstić information content (AvgIpc) is 2.00. The number of thioether (sulfide) groups is 1. The van der Waals surface area contributed by atoms with Crippen LogP contribution >= 0.6 is 11.8 Å². The van der Waals surface area contributed by atoms with Crippen molar-refractivity contribution in [2.45, 2.75) is 52.3 Å². The topological polar surface area (TPSA) is 38.3 Å². The molecule has 0 spiro atoms. The van der Waals surface area contributed by atoms with Gasteiger partial charge in [-0.3, -0.25) is 4.79 Å². The Labute approximate surface area is 97.3 Å². The number of carbonyl (C=O) groups is 1. The van der Waals surface area contributed by atoms with Gasteiger partial charge in [0.15, 0.2) is 0 Å². The Morgan fingerprint density at radius 3 is 2.33 bits per heavy atom. The van der Waals surface area contributed by atoms with E-state index in [0.29, 0.717) is 6.04 Å². The van der Waals surface area contributed by atoms with E-state index >= 15 is 0 Å². The Morgan fingerprint density at radius 1 is 1.40 bits per heavy atom. The van der Waals surface area contributed by atoms with Crippen LogP contribution in [0.1, 0.15) is 34.6 Å². The molecule has 0 amide bonds. The normalized spacial score (nSPS) is 15.9. The molecule has 90 valence electrons. The van der Waals surface area contributed by atoms with Crippen molar-refractivity contribution in [1.29, 1.82) is 0 Å². The average molecular weight is 233 g/mol. The van der Waals surface area contributed by atoms with Crippen molar-refractivity contribution in [3.63, 3.8) is 0 Å². The third-order valence-corrected chi connectivity index (χ3v) is 2.54. The number of nitrogens with one attached hydrogen (secondary N) is 1. The lowest BCUT2D eigenvalue weighted by atomic mass is 10.2. The largest absolute Gasteiger partial charge is 0.459 e. The van der Waals surface area contributed by atoms with Crippen LogP contribution in [0.4, 0.5) is 0 Å². The van der Waals surface area contributed by atoms with E-state index in [1.165, 1.54) is 0 Å². The molecule has 0 aliphatic heterocycles. The Bertz CT molecular complexity index is 201. The Kier molecular flexibility index (Phi) is 6.29. The predicted molar refractivity (Wildman–Crippen MR) is 66.3 cm³/mol. The molecule has 0 aliphatic rings. The van der Waals surface area contributed by atoms with Crippen molar-refractivity contribution in [1.82, 2.24) is 5.32 Å². The van der Waals surface area contributed by atoms with Crippen LogP contribution in [0.2, 0.25) is 0 Å². The van der Waals surface area contributed by atoms with Gasteiger partial charge in [-0.05, 0) is 40.9 Å². The van der Waals surface area contributed by atoms with Crippen molar-refractivity contribution in [2.75, 3.05) is 12.0 Å². The van der Waals surface area contributed by atoms with Gasteiger partial charge in [-0.2, -0.15) is 11.8 Å². The molecule has 0 aliphatic carbocycles. The Morgan fingerprint density at radius 2 is 1.93 bits per heavy atom. The number of ether oxygens (including phenoxy) is 1. The molecule has 2 unspecified atom stereocenters. The van der Waals surface area contributed by atoms with Crippen LogP contribution in [-0.4, -0.2) is 35.7 Å². The number of esters is 1. The zero-order chi connectivity index (χ0) is 12.1. The molecule has 0 rings (SSSR count). The lowest BCUT2D eigenvalue weighted by Gasteiger charge is -2.24. The monoisotopic (exact) mass is 233 g/mol. The van der Waals surface area contributed by atoms with Crippen molar-refractivity contribution >= 4 is 17.7 Å². The summed E-state index contributed by atoms with van der Waals surface area (Å²) < 4.78 is 5.27. The molecule has 4 heteroatoms. The van der Waals surface area contributed by atoms with Crippen molar-refractivity contribution < 1.29 is 9.53 Å². The maximum Gasteiger partial charge on any atom is 0.323 e. The minimum atomic E-state index is -0.407. The van der Waals surface area contributed by atoms with Crippen LogP contribution in [0.15, 0.2) is 0 Å². The molecule has 0 aromatic carbocycles. The molecule has 0 saturated carbocycles. The molecule has 3 nitrogen and oxygen atoms in total. The maximum absolute atomic E-state index is 11.6. The van der Waals surface area contributed by atoms with Gasteiger partial charge >= 0.3 is 5.97 Å². The summed E-state index contributed by atoms with van der Waals surface area (Å²) in [5.41, 5.74) is -0.407. The van der Waals surface area contributed by atoms with Crippen LogP contribution in [0.5, 0.6) is 0 Å². The second-order valence-corrected chi connectivity index (χ2v) is 5.69. The van der Waals surface area contributed by atoms with E-state index in [-0.39, 0.29) is 12.0 Å². The summed E-state index contributed by atoms with van der Waals surface area (Å²) in [6.07, 6.45) is 2.05. The van der Waals surface area contributed by atoms with Crippen LogP contribution in [0, 0.1) is 0 Å². The highest BCUT2D eigenvalue weighted by Gasteiger charge is 2.22. The van der Waals surface area contributed by atoms with Gasteiger partial charge < -0.3 is 10.1 Å². The van der Waals surface area contributed by atoms with Crippen LogP contribution in [-0.2, 0) is 9.53 Å². The molecule has 0 fully saturated rings. The van der Waals surface area contributed by atoms with Gasteiger partial charge in [0.2, 0.25) is 0 Å². The minimum Gasteiger partial charge on any atom is -0.459 e. The first kappa shape index (κ1) is 14.8. The maximum atomic E-state index is 11.6. The van der Waals surface area contributed by atoms with Gasteiger partial charge in [-0.25, -0.2) is 0 Å². The van der Waals surface area contributed by atoms with Crippen molar-refractivity contribution in [3.8, 4) is 0 Å². The van der Waals surface area contributed by atoms with Crippen molar-refractivity contribution in [3.05, 3.63) is 0 Å². The summed E-state index contributed by atoms with van der Waals surface area (Å²) in [4.78, 5) is 11.6. The van der Waals surface area contributed by atoms with Gasteiger partial charge in [0.05, 0.1) is 0 Å². The molecule has 0 heterocycles. The Hall–Kier alpha value is -0.220. The van der Waals surface area contributed by atoms with E-state index in [1.54, 1.807) is 11.8 Å². The van der Waals surface area contributed by atoms with Gasteiger partial charge in [0, 0.05) is 11.8 Å². The molecule has 1 N–H and O–H groups in total. The molecule has 0 bridgehead atoms. The second-order valence-electron chi connectivity index (χ2n) is 4.78. The van der Waals surface area contributed by atoms with Gasteiger partial charge in [0.25, 0.3) is 0 Å². The van der Waals surface area contributed by atoms with Crippen molar-refractivity contribution in [2.24, 2.45) is 0 Å². The number of rotatable bonds is 5. The standard InChI is InChI=1S/C11H23NO2S/c1-8(7-15-6)12-9(2)10(13)14-11(3,4)5/h8-9,12H,7H2,1-6H3. The van der Waals surface area contributed by atoms with E-state index in [9.17, 15) is 4.79 Å². The first-order chi connectivity index (χ1) is 6.76. The molecule has 2 atom stereocenters. The lowest BCUT2D eigenvalue weighted by molar-refractivity contribution is -0.157. The molecule has 0 radical (unpaired) electrons. The highest BCUT2D eigenvalue weighted by molar-refractivity contribution is 7.98. The number of carbonyl (C=O) groups excluding carboxylic acids is 1. The fourth-order valence-electron chi connectivity index (χ4n) is 1.18. The fourth-order valence-corrected chi connectivity index (χ4v) is 1.78. The van der Waals surface area contributed by atoms with Gasteiger partial charge in [0.1, 0.15) is 11.6 Å². The minimum absolute atomic E-state index is 0.185. The van der Waals surface area contributed by atoms with E-state index < -0.39 is 5.60 Å². The molecule has 0 saturated heterocycles. The first-order valence-electron chi connectivity index (χ1n) is 5.24. The molecule has 0 aromatic heterocycles. The van der Waals surface area contributed by atoms with E-state index in [1.807, 2.05) is 27.7 Å². The second kappa shape index (κ2) is 6.38. The highest BCUT2D eigenvalue weighted by Crippen LogP contribution is 2.08. The zero-order valence-corrected chi connectivity index (χ0v) is 11.4. The molecule has 0 aromatic rings. The smallest absolute Gasteiger partial charge is 0.323 e. The van der Waals surface area contributed by atoms with E-state index in [2.05, 4.69) is 18.5 Å². The molecular weight excluding hydrogens is 210 g/mol. The fraction of sp³-hybridized carbons (Fsp3) is 0.909. The molecule has 15 heavy (non-hydrogen) atoms. The summed E-state index contributed by atoms with van der Waals surface area (Å²) in [6.45, 7) is 9.54. The van der Waals surface area contributed by atoms with E-state index in [4.69, 9.17) is 4.74 Å². The predicted octanol–water partition coefficient (Wildman–Crippen LogP) is 2.06. The molecular formula is C11H23NO2S. The van der Waals surface area contributed by atoms with Gasteiger partial charge in [-0.15, -0.1) is 0 Å². The summed E-state index contributed by atoms with van der Waals surface area (Å²) in [7, 11) is 0. The summed E-state index contributed by atoms with van der Waals surface area (Å²) in [5, 5.41) is 3.21. The Balaban J connectivity index is 3.99. The zero-order valence-electron chi connectivity index (χ0n) is 10.6. The summed E-state index contributed by atoms with van der Waals surface area (Å²) in [6, 6.07) is 0.0777. The van der Waals surface area contributed by atoms with Gasteiger partial charge in [-0.1, -0.05) is 0 Å². The summed E-state index contributed by atoms with van der Waals surface area (Å²) in [5.74, 6) is 0.808. The SMILES string of the molecule is CSCC(C)NC(C)C(=O)OC(C)(C)C. The summed E-state index contributed by atoms with van der Waals surface area (Å²) >= 11 is 1.76. The highest BCUT2D eigenvalue weighted by atomic mass is 32.2. The number of hydrogen-bond donors (Lipinski definition) is 1. The van der Waals surface area contributed by atoms with Crippen LogP contribution < -0.4 is 5.32 Å². The van der Waals surface area contributed by atoms with Crippen LogP contribution in [0.3, 0.4) is 0 Å².